The molecule has 6 heteroatoms. The molecule has 2 N–H and O–H groups in total. The number of hydrogen-bond donors (Lipinski definition) is 2. The van der Waals surface area contributed by atoms with Crippen LogP contribution in [0.5, 0.6) is 5.75 Å². The van der Waals surface area contributed by atoms with E-state index in [0.29, 0.717) is 10.8 Å². The molecular formula is C16H14ClN3O2. The van der Waals surface area contributed by atoms with Gasteiger partial charge in [0.15, 0.2) is 0 Å². The van der Waals surface area contributed by atoms with E-state index in [1.165, 1.54) is 0 Å². The monoisotopic (exact) mass is 315 g/mol. The lowest BCUT2D eigenvalue weighted by atomic mass is 10.2. The number of carbonyl (C=O) groups is 1. The van der Waals surface area contributed by atoms with Crippen molar-refractivity contribution < 1.29 is 9.53 Å². The van der Waals surface area contributed by atoms with Gasteiger partial charge in [0, 0.05) is 11.1 Å². The third kappa shape index (κ3) is 3.38. The Balaban J connectivity index is 1.53. The Kier molecular flexibility index (Phi) is 4.25. The number of ether oxygens (including phenoxy) is 1. The van der Waals surface area contributed by atoms with Crippen LogP contribution in [0.25, 0.3) is 10.9 Å². The summed E-state index contributed by atoms with van der Waals surface area (Å²) in [6, 6.07) is 12.8. The summed E-state index contributed by atoms with van der Waals surface area (Å²) in [6.45, 7) is 0.266. The fourth-order valence-electron chi connectivity index (χ4n) is 2.05. The molecule has 0 radical (unpaired) electrons. The maximum atomic E-state index is 11.9. The summed E-state index contributed by atoms with van der Waals surface area (Å²) < 4.78 is 5.49. The van der Waals surface area contributed by atoms with E-state index in [9.17, 15) is 4.79 Å². The highest BCUT2D eigenvalue weighted by Crippen LogP contribution is 2.23. The zero-order chi connectivity index (χ0) is 15.4. The molecule has 5 nitrogen and oxygen atoms in total. The van der Waals surface area contributed by atoms with Crippen LogP contribution in [0, 0.1) is 0 Å². The van der Waals surface area contributed by atoms with Gasteiger partial charge in [0.25, 0.3) is 0 Å². The molecule has 0 aliphatic rings. The van der Waals surface area contributed by atoms with Crippen molar-refractivity contribution in [1.29, 1.82) is 0 Å². The van der Waals surface area contributed by atoms with Crippen LogP contribution in [-0.2, 0) is 4.79 Å². The van der Waals surface area contributed by atoms with Crippen molar-refractivity contribution in [2.45, 2.75) is 6.42 Å². The van der Waals surface area contributed by atoms with E-state index in [1.54, 1.807) is 18.3 Å². The predicted octanol–water partition coefficient (Wildman–Crippen LogP) is 3.62. The first-order valence-corrected chi connectivity index (χ1v) is 7.20. The average molecular weight is 316 g/mol. The quantitative estimate of drug-likeness (QED) is 0.755. The van der Waals surface area contributed by atoms with Crippen LogP contribution in [0.2, 0.25) is 5.02 Å². The molecule has 112 valence electrons. The molecule has 1 heterocycles. The molecule has 0 atom stereocenters. The smallest absolute Gasteiger partial charge is 0.227 e. The van der Waals surface area contributed by atoms with E-state index in [-0.39, 0.29) is 18.9 Å². The average Bonchev–Trinajstić information content (AvgIpc) is 2.97. The molecule has 1 aromatic heterocycles. The molecule has 3 aromatic rings. The second-order valence-electron chi connectivity index (χ2n) is 4.75. The Bertz CT molecular complexity index is 801. The Morgan fingerprint density at radius 2 is 2.14 bits per heavy atom. The van der Waals surface area contributed by atoms with Gasteiger partial charge < -0.3 is 10.1 Å². The zero-order valence-electron chi connectivity index (χ0n) is 11.7. The molecule has 2 aromatic carbocycles. The van der Waals surface area contributed by atoms with Gasteiger partial charge in [-0.05, 0) is 30.3 Å². The SMILES string of the molecule is O=C(CCOc1ccccc1Cl)Nc1ccc2cn[nH]c2c1. The third-order valence-corrected chi connectivity index (χ3v) is 3.46. The Morgan fingerprint density at radius 3 is 3.00 bits per heavy atom. The normalized spacial score (nSPS) is 10.6. The van der Waals surface area contributed by atoms with Crippen molar-refractivity contribution in [2.75, 3.05) is 11.9 Å². The number of para-hydroxylation sites is 1. The number of carbonyl (C=O) groups excluding carboxylic acids is 1. The number of anilines is 1. The number of aromatic amines is 1. The van der Waals surface area contributed by atoms with E-state index in [0.717, 1.165) is 16.6 Å². The van der Waals surface area contributed by atoms with Crippen LogP contribution in [0.3, 0.4) is 0 Å². The van der Waals surface area contributed by atoms with Crippen molar-refractivity contribution >= 4 is 34.1 Å². The second-order valence-corrected chi connectivity index (χ2v) is 5.16. The van der Waals surface area contributed by atoms with Crippen molar-refractivity contribution in [3.05, 3.63) is 53.7 Å². The second kappa shape index (κ2) is 6.49. The van der Waals surface area contributed by atoms with Crippen molar-refractivity contribution in [1.82, 2.24) is 10.2 Å². The van der Waals surface area contributed by atoms with E-state index < -0.39 is 0 Å². The number of benzene rings is 2. The van der Waals surface area contributed by atoms with E-state index in [4.69, 9.17) is 16.3 Å². The van der Waals surface area contributed by atoms with Crippen LogP contribution in [-0.4, -0.2) is 22.7 Å². The first kappa shape index (κ1) is 14.4. The lowest BCUT2D eigenvalue weighted by molar-refractivity contribution is -0.116. The highest BCUT2D eigenvalue weighted by atomic mass is 35.5. The molecule has 0 aliphatic heterocycles. The highest BCUT2D eigenvalue weighted by Gasteiger charge is 2.06. The number of halogens is 1. The molecule has 1 amide bonds. The Hall–Kier alpha value is -2.53. The molecule has 0 bridgehead atoms. The van der Waals surface area contributed by atoms with Crippen LogP contribution in [0.4, 0.5) is 5.69 Å². The number of nitrogens with one attached hydrogen (secondary N) is 2. The van der Waals surface area contributed by atoms with E-state index in [1.807, 2.05) is 30.3 Å². The first-order valence-electron chi connectivity index (χ1n) is 6.83. The van der Waals surface area contributed by atoms with Gasteiger partial charge in [0.05, 0.1) is 29.8 Å². The van der Waals surface area contributed by atoms with Crippen LogP contribution in [0.15, 0.2) is 48.7 Å². The van der Waals surface area contributed by atoms with E-state index >= 15 is 0 Å². The Morgan fingerprint density at radius 1 is 1.27 bits per heavy atom. The number of aromatic nitrogens is 2. The molecule has 0 fully saturated rings. The molecule has 0 aliphatic carbocycles. The molecule has 3 rings (SSSR count). The third-order valence-electron chi connectivity index (χ3n) is 3.15. The maximum Gasteiger partial charge on any atom is 0.227 e. The number of H-pyrrole nitrogens is 1. The number of amides is 1. The largest absolute Gasteiger partial charge is 0.491 e. The lowest BCUT2D eigenvalue weighted by Crippen LogP contribution is -2.15. The summed E-state index contributed by atoms with van der Waals surface area (Å²) in [6.07, 6.45) is 1.98. The molecular weight excluding hydrogens is 302 g/mol. The minimum absolute atomic E-state index is 0.120. The van der Waals surface area contributed by atoms with Crippen LogP contribution >= 0.6 is 11.6 Å². The summed E-state index contributed by atoms with van der Waals surface area (Å²) in [5.41, 5.74) is 1.60. The molecule has 22 heavy (non-hydrogen) atoms. The molecule has 0 saturated carbocycles. The summed E-state index contributed by atoms with van der Waals surface area (Å²) >= 11 is 5.98. The van der Waals surface area contributed by atoms with Crippen LogP contribution in [0.1, 0.15) is 6.42 Å². The number of hydrogen-bond acceptors (Lipinski definition) is 3. The molecule has 0 unspecified atom stereocenters. The highest BCUT2D eigenvalue weighted by molar-refractivity contribution is 6.32. The summed E-state index contributed by atoms with van der Waals surface area (Å²) in [7, 11) is 0. The van der Waals surface area contributed by atoms with Crippen molar-refractivity contribution in [3.8, 4) is 5.75 Å². The zero-order valence-corrected chi connectivity index (χ0v) is 12.4. The van der Waals surface area contributed by atoms with Gasteiger partial charge in [-0.3, -0.25) is 9.89 Å². The minimum Gasteiger partial charge on any atom is -0.491 e. The topological polar surface area (TPSA) is 67.0 Å². The molecule has 0 saturated heterocycles. The number of rotatable bonds is 5. The fraction of sp³-hybridized carbons (Fsp3) is 0.125. The van der Waals surface area contributed by atoms with Gasteiger partial charge in [-0.15, -0.1) is 0 Å². The van der Waals surface area contributed by atoms with Gasteiger partial charge in [0.2, 0.25) is 5.91 Å². The van der Waals surface area contributed by atoms with Crippen LogP contribution < -0.4 is 10.1 Å². The Labute approximate surface area is 132 Å². The summed E-state index contributed by atoms with van der Waals surface area (Å²) in [4.78, 5) is 11.9. The van der Waals surface area contributed by atoms with E-state index in [2.05, 4.69) is 15.5 Å². The van der Waals surface area contributed by atoms with Gasteiger partial charge in [0.1, 0.15) is 5.75 Å². The fourth-order valence-corrected chi connectivity index (χ4v) is 2.24. The standard InChI is InChI=1S/C16H14ClN3O2/c17-13-3-1-2-4-15(13)22-8-7-16(21)19-12-6-5-11-10-18-20-14(11)9-12/h1-6,9-10H,7-8H2,(H,18,20)(H,19,21). The van der Waals surface area contributed by atoms with Gasteiger partial charge in [-0.2, -0.15) is 5.10 Å². The maximum absolute atomic E-state index is 11.9. The minimum atomic E-state index is -0.120. The number of fused-ring (bicyclic) bond motifs is 1. The van der Waals surface area contributed by atoms with Gasteiger partial charge in [-0.25, -0.2) is 0 Å². The first-order chi connectivity index (χ1) is 10.7. The van der Waals surface area contributed by atoms with Crippen molar-refractivity contribution in [2.24, 2.45) is 0 Å². The van der Waals surface area contributed by atoms with Crippen molar-refractivity contribution in [3.63, 3.8) is 0 Å². The summed E-state index contributed by atoms with van der Waals surface area (Å²) in [5, 5.41) is 11.2. The molecule has 0 spiro atoms. The lowest BCUT2D eigenvalue weighted by Gasteiger charge is -2.08. The summed E-state index contributed by atoms with van der Waals surface area (Å²) in [5.74, 6) is 0.460. The van der Waals surface area contributed by atoms with Gasteiger partial charge in [-0.1, -0.05) is 23.7 Å². The van der Waals surface area contributed by atoms with Gasteiger partial charge >= 0.3 is 0 Å². The number of nitrogens with zero attached hydrogens (tertiary/aromatic N) is 1. The predicted molar refractivity (Wildman–Crippen MR) is 86.3 cm³/mol.